The van der Waals surface area contributed by atoms with Crippen molar-refractivity contribution in [3.63, 3.8) is 0 Å². The predicted octanol–water partition coefficient (Wildman–Crippen LogP) is 3.17. The fourth-order valence-corrected chi connectivity index (χ4v) is 5.05. The molecule has 2 aromatic rings. The van der Waals surface area contributed by atoms with Gasteiger partial charge in [-0.05, 0) is 26.7 Å². The first-order chi connectivity index (χ1) is 14.7. The molecule has 0 atom stereocenters. The van der Waals surface area contributed by atoms with Crippen LogP contribution in [0, 0.1) is 5.92 Å². The van der Waals surface area contributed by atoms with Crippen LogP contribution in [0.3, 0.4) is 0 Å². The van der Waals surface area contributed by atoms with Crippen LogP contribution in [0.15, 0.2) is 29.7 Å². The van der Waals surface area contributed by atoms with Gasteiger partial charge in [0.05, 0.1) is 25.6 Å². The third-order valence-electron chi connectivity index (χ3n) is 5.33. The second-order valence-corrected chi connectivity index (χ2v) is 9.90. The Kier molecular flexibility index (Phi) is 7.13. The smallest absolute Gasteiger partial charge is 0.262 e. The summed E-state index contributed by atoms with van der Waals surface area (Å²) < 4.78 is 39.4. The van der Waals surface area contributed by atoms with E-state index >= 15 is 0 Å². The van der Waals surface area contributed by atoms with Crippen molar-refractivity contribution in [2.24, 2.45) is 5.92 Å². The van der Waals surface area contributed by atoms with Crippen molar-refractivity contribution < 1.29 is 22.7 Å². The van der Waals surface area contributed by atoms with E-state index in [0.717, 1.165) is 0 Å². The van der Waals surface area contributed by atoms with Crippen LogP contribution in [0.25, 0.3) is 0 Å². The SMILES string of the molecule is COc1cc(Cl)c(NC(=O)C2CCN(S(=O)(=O)c3cn(C(C)C)cn3)CC2)c(OC)c1. The number of amides is 1. The number of ether oxygens (including phenoxy) is 2. The van der Waals surface area contributed by atoms with E-state index in [0.29, 0.717) is 35.1 Å². The highest BCUT2D eigenvalue weighted by atomic mass is 35.5. The number of halogens is 1. The number of imidazole rings is 1. The Morgan fingerprint density at radius 1 is 1.23 bits per heavy atom. The standard InChI is InChI=1S/C20H27ClN4O5S/c1-13(2)24-11-18(22-12-24)31(27,28)25-7-5-14(6-8-25)20(26)23-19-16(21)9-15(29-3)10-17(19)30-4/h9-14H,5-8H2,1-4H3,(H,23,26). The van der Waals surface area contributed by atoms with Gasteiger partial charge in [0.2, 0.25) is 5.91 Å². The maximum absolute atomic E-state index is 12.9. The number of methoxy groups -OCH3 is 2. The van der Waals surface area contributed by atoms with Crippen LogP contribution in [0.4, 0.5) is 5.69 Å². The van der Waals surface area contributed by atoms with E-state index in [2.05, 4.69) is 10.3 Å². The lowest BCUT2D eigenvalue weighted by molar-refractivity contribution is -0.120. The Hall–Kier alpha value is -2.30. The summed E-state index contributed by atoms with van der Waals surface area (Å²) in [5.41, 5.74) is 0.365. The summed E-state index contributed by atoms with van der Waals surface area (Å²) in [6.07, 6.45) is 3.85. The molecule has 1 aliphatic rings. The number of piperidine rings is 1. The van der Waals surface area contributed by atoms with Crippen LogP contribution in [0.2, 0.25) is 5.02 Å². The summed E-state index contributed by atoms with van der Waals surface area (Å²) in [7, 11) is -0.704. The van der Waals surface area contributed by atoms with E-state index in [9.17, 15) is 13.2 Å². The maximum Gasteiger partial charge on any atom is 0.262 e. The molecule has 1 fully saturated rings. The average molecular weight is 471 g/mol. The number of nitrogens with zero attached hydrogens (tertiary/aromatic N) is 3. The molecule has 0 spiro atoms. The first kappa shape index (κ1) is 23.4. The van der Waals surface area contributed by atoms with E-state index < -0.39 is 10.0 Å². The molecule has 3 rings (SSSR count). The molecule has 1 aromatic heterocycles. The number of carbonyl (C=O) groups excluding carboxylic acids is 1. The first-order valence-electron chi connectivity index (χ1n) is 9.93. The van der Waals surface area contributed by atoms with Gasteiger partial charge in [-0.2, -0.15) is 4.31 Å². The van der Waals surface area contributed by atoms with Gasteiger partial charge in [-0.3, -0.25) is 4.79 Å². The molecule has 31 heavy (non-hydrogen) atoms. The molecule has 1 aromatic carbocycles. The number of anilines is 1. The summed E-state index contributed by atoms with van der Waals surface area (Å²) in [5, 5.41) is 3.14. The van der Waals surface area contributed by atoms with Gasteiger partial charge < -0.3 is 19.4 Å². The van der Waals surface area contributed by atoms with Crippen LogP contribution in [0.1, 0.15) is 32.7 Å². The number of sulfonamides is 1. The minimum atomic E-state index is -3.69. The summed E-state index contributed by atoms with van der Waals surface area (Å²) in [4.78, 5) is 16.9. The Balaban J connectivity index is 1.66. The largest absolute Gasteiger partial charge is 0.497 e. The van der Waals surface area contributed by atoms with E-state index in [-0.39, 0.29) is 36.0 Å². The molecule has 0 bridgehead atoms. The molecule has 0 unspecified atom stereocenters. The fraction of sp³-hybridized carbons (Fsp3) is 0.500. The molecule has 1 saturated heterocycles. The number of benzene rings is 1. The van der Waals surface area contributed by atoms with Gasteiger partial charge in [-0.1, -0.05) is 11.6 Å². The zero-order valence-corrected chi connectivity index (χ0v) is 19.5. The minimum absolute atomic E-state index is 0.0267. The topological polar surface area (TPSA) is 103 Å². The fourth-order valence-electron chi connectivity index (χ4n) is 3.41. The van der Waals surface area contributed by atoms with Crippen molar-refractivity contribution >= 4 is 33.2 Å². The molecule has 1 aliphatic heterocycles. The molecule has 1 N–H and O–H groups in total. The van der Waals surface area contributed by atoms with Crippen molar-refractivity contribution in [1.82, 2.24) is 13.9 Å². The number of nitrogens with one attached hydrogen (secondary N) is 1. The second-order valence-electron chi connectivity index (χ2n) is 7.61. The van der Waals surface area contributed by atoms with Crippen LogP contribution in [-0.4, -0.2) is 55.5 Å². The zero-order valence-electron chi connectivity index (χ0n) is 18.0. The third kappa shape index (κ3) is 4.97. The summed E-state index contributed by atoms with van der Waals surface area (Å²) >= 11 is 6.28. The molecular formula is C20H27ClN4O5S. The monoisotopic (exact) mass is 470 g/mol. The van der Waals surface area contributed by atoms with Gasteiger partial charge in [0.1, 0.15) is 17.2 Å². The molecule has 1 amide bonds. The lowest BCUT2D eigenvalue weighted by atomic mass is 9.97. The highest BCUT2D eigenvalue weighted by molar-refractivity contribution is 7.89. The highest BCUT2D eigenvalue weighted by Gasteiger charge is 2.34. The van der Waals surface area contributed by atoms with Gasteiger partial charge in [-0.15, -0.1) is 0 Å². The number of rotatable bonds is 7. The quantitative estimate of drug-likeness (QED) is 0.666. The zero-order chi connectivity index (χ0) is 22.8. The molecule has 0 saturated carbocycles. The third-order valence-corrected chi connectivity index (χ3v) is 7.42. The van der Waals surface area contributed by atoms with Gasteiger partial charge in [0.25, 0.3) is 10.0 Å². The lowest BCUT2D eigenvalue weighted by Crippen LogP contribution is -2.41. The Morgan fingerprint density at radius 3 is 2.45 bits per heavy atom. The first-order valence-corrected chi connectivity index (χ1v) is 11.7. The molecule has 170 valence electrons. The summed E-state index contributed by atoms with van der Waals surface area (Å²) in [6, 6.07) is 3.34. The Bertz CT molecular complexity index is 1050. The van der Waals surface area contributed by atoms with E-state index in [1.54, 1.807) is 16.7 Å². The van der Waals surface area contributed by atoms with Crippen molar-refractivity contribution in [1.29, 1.82) is 0 Å². The number of aromatic nitrogens is 2. The van der Waals surface area contributed by atoms with E-state index in [4.69, 9.17) is 21.1 Å². The Labute approximate surface area is 187 Å². The van der Waals surface area contributed by atoms with E-state index in [1.807, 2.05) is 13.8 Å². The summed E-state index contributed by atoms with van der Waals surface area (Å²) in [6.45, 7) is 4.38. The molecular weight excluding hydrogens is 444 g/mol. The minimum Gasteiger partial charge on any atom is -0.497 e. The molecule has 11 heteroatoms. The average Bonchev–Trinajstić information content (AvgIpc) is 3.26. The van der Waals surface area contributed by atoms with Gasteiger partial charge in [0, 0.05) is 43.4 Å². The lowest BCUT2D eigenvalue weighted by Gasteiger charge is -2.30. The molecule has 9 nitrogen and oxygen atoms in total. The maximum atomic E-state index is 12.9. The van der Waals surface area contributed by atoms with Gasteiger partial charge >= 0.3 is 0 Å². The molecule has 0 aliphatic carbocycles. The van der Waals surface area contributed by atoms with Crippen molar-refractivity contribution in [2.75, 3.05) is 32.6 Å². The highest BCUT2D eigenvalue weighted by Crippen LogP contribution is 2.37. The summed E-state index contributed by atoms with van der Waals surface area (Å²) in [5.74, 6) is 0.325. The number of hydrogen-bond donors (Lipinski definition) is 1. The predicted molar refractivity (Wildman–Crippen MR) is 117 cm³/mol. The molecule has 2 heterocycles. The number of carbonyl (C=O) groups is 1. The van der Waals surface area contributed by atoms with Crippen LogP contribution >= 0.6 is 11.6 Å². The second kappa shape index (κ2) is 9.46. The van der Waals surface area contributed by atoms with E-state index in [1.165, 1.54) is 31.0 Å². The molecule has 0 radical (unpaired) electrons. The van der Waals surface area contributed by atoms with Crippen molar-refractivity contribution in [3.8, 4) is 11.5 Å². The van der Waals surface area contributed by atoms with Crippen LogP contribution < -0.4 is 14.8 Å². The van der Waals surface area contributed by atoms with Gasteiger partial charge in [-0.25, -0.2) is 13.4 Å². The van der Waals surface area contributed by atoms with Crippen molar-refractivity contribution in [3.05, 3.63) is 29.7 Å². The number of hydrogen-bond acceptors (Lipinski definition) is 6. The van der Waals surface area contributed by atoms with Gasteiger partial charge in [0.15, 0.2) is 5.03 Å². The van der Waals surface area contributed by atoms with Crippen LogP contribution in [0.5, 0.6) is 11.5 Å². The normalized spacial score (nSPS) is 15.8. The van der Waals surface area contributed by atoms with Crippen molar-refractivity contribution in [2.45, 2.75) is 37.8 Å². The van der Waals surface area contributed by atoms with Crippen LogP contribution in [-0.2, 0) is 14.8 Å². The Morgan fingerprint density at radius 2 is 1.90 bits per heavy atom.